The SMILES string of the molecule is CCCC1(C(=O)NCc2ccccc2Br)CCCN1. The standard InChI is InChI=1S/C15H21BrN2O/c1-2-8-15(9-5-10-18-15)14(19)17-11-12-6-3-4-7-13(12)16/h3-4,6-7,18H,2,5,8-11H2,1H3,(H,17,19). The number of hydrogen-bond donors (Lipinski definition) is 2. The molecule has 0 saturated carbocycles. The molecule has 0 bridgehead atoms. The highest BCUT2D eigenvalue weighted by Crippen LogP contribution is 2.25. The third kappa shape index (κ3) is 3.37. The number of halogens is 1. The number of nitrogens with one attached hydrogen (secondary N) is 2. The van der Waals surface area contributed by atoms with Crippen molar-refractivity contribution < 1.29 is 4.79 Å². The summed E-state index contributed by atoms with van der Waals surface area (Å²) in [7, 11) is 0. The smallest absolute Gasteiger partial charge is 0.240 e. The van der Waals surface area contributed by atoms with Crippen LogP contribution in [0.5, 0.6) is 0 Å². The molecule has 1 unspecified atom stereocenters. The maximum absolute atomic E-state index is 12.5. The first-order valence-corrected chi connectivity index (χ1v) is 7.74. The Morgan fingerprint density at radius 2 is 2.26 bits per heavy atom. The normalized spacial score (nSPS) is 22.4. The minimum Gasteiger partial charge on any atom is -0.350 e. The molecule has 1 atom stereocenters. The van der Waals surface area contributed by atoms with Crippen LogP contribution in [0.15, 0.2) is 28.7 Å². The largest absolute Gasteiger partial charge is 0.350 e. The van der Waals surface area contributed by atoms with Crippen LogP contribution >= 0.6 is 15.9 Å². The Labute approximate surface area is 123 Å². The van der Waals surface area contributed by atoms with E-state index in [0.29, 0.717) is 6.54 Å². The highest BCUT2D eigenvalue weighted by Gasteiger charge is 2.39. The molecule has 1 aliphatic heterocycles. The molecule has 1 aromatic rings. The predicted molar refractivity (Wildman–Crippen MR) is 80.9 cm³/mol. The second-order valence-electron chi connectivity index (χ2n) is 5.14. The van der Waals surface area contributed by atoms with E-state index in [1.165, 1.54) is 0 Å². The molecule has 2 rings (SSSR count). The van der Waals surface area contributed by atoms with Crippen molar-refractivity contribution in [2.24, 2.45) is 0 Å². The fourth-order valence-electron chi connectivity index (χ4n) is 2.74. The van der Waals surface area contributed by atoms with Gasteiger partial charge in [-0.1, -0.05) is 47.5 Å². The Bertz CT molecular complexity index is 442. The Balaban J connectivity index is 1.98. The quantitative estimate of drug-likeness (QED) is 0.874. The molecule has 1 fully saturated rings. The van der Waals surface area contributed by atoms with E-state index >= 15 is 0 Å². The first kappa shape index (κ1) is 14.5. The molecule has 2 N–H and O–H groups in total. The summed E-state index contributed by atoms with van der Waals surface area (Å²) in [5.74, 6) is 0.141. The van der Waals surface area contributed by atoms with Gasteiger partial charge >= 0.3 is 0 Å². The first-order valence-electron chi connectivity index (χ1n) is 6.95. The van der Waals surface area contributed by atoms with Crippen LogP contribution in [0.1, 0.15) is 38.2 Å². The summed E-state index contributed by atoms with van der Waals surface area (Å²) in [6, 6.07) is 7.99. The Kier molecular flexibility index (Phi) is 4.99. The van der Waals surface area contributed by atoms with E-state index < -0.39 is 0 Å². The summed E-state index contributed by atoms with van der Waals surface area (Å²) in [5.41, 5.74) is 0.774. The van der Waals surface area contributed by atoms with Gasteiger partial charge in [0.15, 0.2) is 0 Å². The Morgan fingerprint density at radius 1 is 1.47 bits per heavy atom. The van der Waals surface area contributed by atoms with Crippen molar-refractivity contribution in [3.8, 4) is 0 Å². The highest BCUT2D eigenvalue weighted by atomic mass is 79.9. The Morgan fingerprint density at radius 3 is 2.89 bits per heavy atom. The fourth-order valence-corrected chi connectivity index (χ4v) is 3.17. The van der Waals surface area contributed by atoms with Crippen LogP contribution in [-0.2, 0) is 11.3 Å². The second kappa shape index (κ2) is 6.53. The average molecular weight is 325 g/mol. The van der Waals surface area contributed by atoms with Crippen LogP contribution in [0, 0.1) is 0 Å². The van der Waals surface area contributed by atoms with Gasteiger partial charge in [-0.2, -0.15) is 0 Å². The second-order valence-corrected chi connectivity index (χ2v) is 5.99. The number of amides is 1. The lowest BCUT2D eigenvalue weighted by atomic mass is 9.91. The van der Waals surface area contributed by atoms with Crippen molar-refractivity contribution in [1.82, 2.24) is 10.6 Å². The minimum absolute atomic E-state index is 0.141. The summed E-state index contributed by atoms with van der Waals surface area (Å²) in [6.45, 7) is 3.65. The monoisotopic (exact) mass is 324 g/mol. The first-order chi connectivity index (χ1) is 9.18. The molecule has 1 aliphatic rings. The zero-order valence-electron chi connectivity index (χ0n) is 11.3. The molecular weight excluding hydrogens is 304 g/mol. The summed E-state index contributed by atoms with van der Waals surface area (Å²) >= 11 is 3.51. The number of carbonyl (C=O) groups is 1. The molecular formula is C15H21BrN2O. The van der Waals surface area contributed by atoms with Gasteiger partial charge in [-0.25, -0.2) is 0 Å². The molecule has 1 aromatic carbocycles. The molecule has 0 aliphatic carbocycles. The van der Waals surface area contributed by atoms with Crippen LogP contribution < -0.4 is 10.6 Å². The van der Waals surface area contributed by atoms with Crippen LogP contribution in [0.4, 0.5) is 0 Å². The van der Waals surface area contributed by atoms with Gasteiger partial charge < -0.3 is 10.6 Å². The van der Waals surface area contributed by atoms with Crippen LogP contribution in [0.25, 0.3) is 0 Å². The van der Waals surface area contributed by atoms with Gasteiger partial charge in [0.2, 0.25) is 5.91 Å². The zero-order valence-corrected chi connectivity index (χ0v) is 12.9. The fraction of sp³-hybridized carbons (Fsp3) is 0.533. The van der Waals surface area contributed by atoms with Crippen LogP contribution in [-0.4, -0.2) is 18.0 Å². The van der Waals surface area contributed by atoms with E-state index in [0.717, 1.165) is 42.3 Å². The molecule has 3 nitrogen and oxygen atoms in total. The highest BCUT2D eigenvalue weighted by molar-refractivity contribution is 9.10. The average Bonchev–Trinajstić information content (AvgIpc) is 2.88. The summed E-state index contributed by atoms with van der Waals surface area (Å²) in [4.78, 5) is 12.5. The molecule has 4 heteroatoms. The summed E-state index contributed by atoms with van der Waals surface area (Å²) < 4.78 is 1.04. The molecule has 1 saturated heterocycles. The van der Waals surface area contributed by atoms with Crippen molar-refractivity contribution in [2.45, 2.75) is 44.7 Å². The lowest BCUT2D eigenvalue weighted by Gasteiger charge is -2.28. The van der Waals surface area contributed by atoms with Crippen molar-refractivity contribution in [2.75, 3.05) is 6.54 Å². The predicted octanol–water partition coefficient (Wildman–Crippen LogP) is 2.99. The maximum atomic E-state index is 12.5. The van der Waals surface area contributed by atoms with Gasteiger partial charge in [0.05, 0.1) is 5.54 Å². The van der Waals surface area contributed by atoms with Crippen LogP contribution in [0.3, 0.4) is 0 Å². The summed E-state index contributed by atoms with van der Waals surface area (Å²) in [6.07, 6.45) is 3.97. The minimum atomic E-state index is -0.337. The summed E-state index contributed by atoms with van der Waals surface area (Å²) in [5, 5.41) is 6.47. The number of rotatable bonds is 5. The van der Waals surface area contributed by atoms with E-state index in [9.17, 15) is 4.79 Å². The van der Waals surface area contributed by atoms with E-state index in [4.69, 9.17) is 0 Å². The number of benzene rings is 1. The molecule has 0 radical (unpaired) electrons. The zero-order chi connectivity index (χ0) is 13.7. The molecule has 1 amide bonds. The number of carbonyl (C=O) groups excluding carboxylic acids is 1. The lowest BCUT2D eigenvalue weighted by molar-refractivity contribution is -0.127. The maximum Gasteiger partial charge on any atom is 0.240 e. The van der Waals surface area contributed by atoms with Crippen molar-refractivity contribution in [3.05, 3.63) is 34.3 Å². The van der Waals surface area contributed by atoms with Gasteiger partial charge in [-0.15, -0.1) is 0 Å². The van der Waals surface area contributed by atoms with Gasteiger partial charge in [-0.3, -0.25) is 4.79 Å². The molecule has 104 valence electrons. The van der Waals surface area contributed by atoms with E-state index in [1.54, 1.807) is 0 Å². The molecule has 0 aromatic heterocycles. The third-order valence-electron chi connectivity index (χ3n) is 3.75. The lowest BCUT2D eigenvalue weighted by Crippen LogP contribution is -2.53. The van der Waals surface area contributed by atoms with Gasteiger partial charge in [-0.05, 0) is 37.4 Å². The van der Waals surface area contributed by atoms with Crippen molar-refractivity contribution in [3.63, 3.8) is 0 Å². The van der Waals surface area contributed by atoms with Crippen LogP contribution in [0.2, 0.25) is 0 Å². The van der Waals surface area contributed by atoms with Gasteiger partial charge in [0, 0.05) is 11.0 Å². The Hall–Kier alpha value is -0.870. The van der Waals surface area contributed by atoms with Crippen molar-refractivity contribution >= 4 is 21.8 Å². The third-order valence-corrected chi connectivity index (χ3v) is 4.53. The van der Waals surface area contributed by atoms with E-state index in [2.05, 4.69) is 33.5 Å². The van der Waals surface area contributed by atoms with E-state index in [1.807, 2.05) is 24.3 Å². The van der Waals surface area contributed by atoms with E-state index in [-0.39, 0.29) is 11.4 Å². The molecule has 1 heterocycles. The number of hydrogen-bond acceptors (Lipinski definition) is 2. The topological polar surface area (TPSA) is 41.1 Å². The van der Waals surface area contributed by atoms with Gasteiger partial charge in [0.25, 0.3) is 0 Å². The van der Waals surface area contributed by atoms with Crippen molar-refractivity contribution in [1.29, 1.82) is 0 Å². The molecule has 0 spiro atoms. The van der Waals surface area contributed by atoms with Gasteiger partial charge in [0.1, 0.15) is 0 Å². The molecule has 19 heavy (non-hydrogen) atoms.